The largest absolute Gasteiger partial charge is 0.455 e. The van der Waals surface area contributed by atoms with Crippen molar-refractivity contribution in [1.82, 2.24) is 4.57 Å². The number of hydrogen-bond acceptors (Lipinski definition) is 2. The van der Waals surface area contributed by atoms with Crippen LogP contribution in [0.15, 0.2) is 144 Å². The third-order valence-electron chi connectivity index (χ3n) is 14.6. The lowest BCUT2D eigenvalue weighted by Crippen LogP contribution is -2.38. The van der Waals surface area contributed by atoms with Crippen LogP contribution < -0.4 is 16.2 Å². The van der Waals surface area contributed by atoms with Crippen LogP contribution in [0.1, 0.15) is 104 Å². The fraction of sp³-hybridized carbons (Fsp3) is 0.267. The van der Waals surface area contributed by atoms with Crippen molar-refractivity contribution in [1.29, 1.82) is 0 Å². The van der Waals surface area contributed by atoms with Gasteiger partial charge in [-0.3, -0.25) is 0 Å². The molecule has 2 aromatic heterocycles. The van der Waals surface area contributed by atoms with Crippen LogP contribution in [0.5, 0.6) is 0 Å². The van der Waals surface area contributed by atoms with Gasteiger partial charge in [0.1, 0.15) is 11.3 Å². The molecule has 1 N–H and O–H groups in total. The highest BCUT2D eigenvalue weighted by Crippen LogP contribution is 2.51. The van der Waals surface area contributed by atoms with E-state index in [1.807, 2.05) is 0 Å². The maximum Gasteiger partial charge on any atom is 0.198 e. The van der Waals surface area contributed by atoms with E-state index in [1.165, 1.54) is 66.3 Å². The normalized spacial score (nSPS) is 15.3. The maximum absolute atomic E-state index is 6.99. The minimum Gasteiger partial charge on any atom is -0.455 e. The quantitative estimate of drug-likeness (QED) is 0.175. The van der Waals surface area contributed by atoms with Gasteiger partial charge in [-0.05, 0) is 116 Å². The summed E-state index contributed by atoms with van der Waals surface area (Å²) in [5.74, 6) is 0.894. The second kappa shape index (κ2) is 14.1. The van der Waals surface area contributed by atoms with Crippen LogP contribution >= 0.6 is 0 Å². The van der Waals surface area contributed by atoms with Gasteiger partial charge in [-0.15, -0.1) is 0 Å². The van der Waals surface area contributed by atoms with E-state index >= 15 is 0 Å². The third-order valence-corrected chi connectivity index (χ3v) is 14.6. The van der Waals surface area contributed by atoms with Crippen molar-refractivity contribution in [2.45, 2.75) is 104 Å². The van der Waals surface area contributed by atoms with Crippen molar-refractivity contribution in [3.63, 3.8) is 0 Å². The van der Waals surface area contributed by atoms with Crippen molar-refractivity contribution in [2.24, 2.45) is 0 Å². The summed E-state index contributed by atoms with van der Waals surface area (Å²) in [6.07, 6.45) is 2.30. The van der Waals surface area contributed by atoms with Crippen LogP contribution in [0.2, 0.25) is 0 Å². The fourth-order valence-corrected chi connectivity index (χ4v) is 10.8. The highest BCUT2D eigenvalue weighted by molar-refractivity contribution is 6.73. The standard InChI is InChI=1S/C60H58BN2O/c1-57(2,3)38-25-27-39(28-26-38)62-48-34-45-44(59(7,8)29-30-60(45,9)10)31-41(48)42-32-46(58(4,5)6)53-40-23-17-18-24-49(40)63-50-33-43-51(35-47(50)61-54(42)55(53)63)64-56(37-21-15-12-16-22-37)52(43)36-19-13-11-14-20-36/h11-28,31-35,62H,29-30H2,1-10H3. The minimum atomic E-state index is -0.145. The van der Waals surface area contributed by atoms with Crippen LogP contribution in [0.25, 0.3) is 72.0 Å². The van der Waals surface area contributed by atoms with Gasteiger partial charge in [0.25, 0.3) is 0 Å². The zero-order chi connectivity index (χ0) is 44.5. The number of para-hydroxylation sites is 1. The van der Waals surface area contributed by atoms with E-state index in [1.54, 1.807) is 0 Å². The molecule has 1 aliphatic heterocycles. The number of hydrogen-bond donors (Lipinski definition) is 1. The molecule has 0 fully saturated rings. The Morgan fingerprint density at radius 3 is 1.89 bits per heavy atom. The lowest BCUT2D eigenvalue weighted by atomic mass is 9.57. The first-order valence-electron chi connectivity index (χ1n) is 23.2. The lowest BCUT2D eigenvalue weighted by Gasteiger charge is -2.42. The molecule has 9 aromatic rings. The van der Waals surface area contributed by atoms with E-state index in [4.69, 9.17) is 4.42 Å². The zero-order valence-electron chi connectivity index (χ0n) is 39.1. The molecule has 0 unspecified atom stereocenters. The van der Waals surface area contributed by atoms with Gasteiger partial charge in [-0.25, -0.2) is 0 Å². The van der Waals surface area contributed by atoms with E-state index in [9.17, 15) is 0 Å². The average Bonchev–Trinajstić information content (AvgIpc) is 3.82. The number of benzene rings is 7. The Labute approximate surface area is 379 Å². The summed E-state index contributed by atoms with van der Waals surface area (Å²) in [6.45, 7) is 23.7. The van der Waals surface area contributed by atoms with E-state index in [0.717, 1.165) is 63.1 Å². The smallest absolute Gasteiger partial charge is 0.198 e. The number of aromatic nitrogens is 1. The summed E-state index contributed by atoms with van der Waals surface area (Å²) in [7, 11) is 2.46. The van der Waals surface area contributed by atoms with Crippen molar-refractivity contribution in [2.75, 3.05) is 5.32 Å². The van der Waals surface area contributed by atoms with Crippen LogP contribution in [-0.4, -0.2) is 11.8 Å². The predicted octanol–water partition coefficient (Wildman–Crippen LogP) is 15.2. The summed E-state index contributed by atoms with van der Waals surface area (Å²) in [5.41, 5.74) is 20.6. The molecule has 11 rings (SSSR count). The molecule has 0 saturated carbocycles. The molecule has 3 heterocycles. The van der Waals surface area contributed by atoms with Crippen molar-refractivity contribution in [3.8, 4) is 39.3 Å². The number of furan rings is 1. The van der Waals surface area contributed by atoms with Crippen LogP contribution in [0, 0.1) is 0 Å². The SMILES string of the molecule is CC(C)(C)c1ccc(Nc2cc3c(cc2-c2cc(C(C)(C)C)c4c5ccccc5n5c4c2[B]c2cc4oc(-c6ccccc6)c(-c6ccccc6)c4cc2-5)C(C)(C)CCC3(C)C)cc1. The monoisotopic (exact) mass is 833 g/mol. The van der Waals surface area contributed by atoms with E-state index in [0.29, 0.717) is 0 Å². The molecule has 0 saturated heterocycles. The first kappa shape index (κ1) is 40.5. The van der Waals surface area contributed by atoms with E-state index in [2.05, 4.69) is 226 Å². The summed E-state index contributed by atoms with van der Waals surface area (Å²) in [4.78, 5) is 0. The molecule has 0 atom stereocenters. The maximum atomic E-state index is 6.99. The number of nitrogens with zero attached hydrogens (tertiary/aromatic N) is 1. The molecular weight excluding hydrogens is 775 g/mol. The Kier molecular flexibility index (Phi) is 8.94. The van der Waals surface area contributed by atoms with E-state index in [-0.39, 0.29) is 21.7 Å². The lowest BCUT2D eigenvalue weighted by molar-refractivity contribution is 0.332. The molecule has 7 aromatic carbocycles. The van der Waals surface area contributed by atoms with Crippen LogP contribution in [0.3, 0.4) is 0 Å². The second-order valence-electron chi connectivity index (χ2n) is 22.0. The van der Waals surface area contributed by atoms with Crippen molar-refractivity contribution in [3.05, 3.63) is 162 Å². The average molecular weight is 834 g/mol. The summed E-state index contributed by atoms with van der Waals surface area (Å²) >= 11 is 0. The van der Waals surface area contributed by atoms with Crippen molar-refractivity contribution < 1.29 is 4.42 Å². The first-order valence-corrected chi connectivity index (χ1v) is 23.2. The molecule has 64 heavy (non-hydrogen) atoms. The molecule has 2 aliphatic rings. The molecular formula is C60H58BN2O. The zero-order valence-corrected chi connectivity index (χ0v) is 39.1. The Hall–Kier alpha value is -6.26. The highest BCUT2D eigenvalue weighted by atomic mass is 16.3. The topological polar surface area (TPSA) is 30.1 Å². The molecule has 0 bridgehead atoms. The fourth-order valence-electron chi connectivity index (χ4n) is 10.8. The Bertz CT molecular complexity index is 3310. The van der Waals surface area contributed by atoms with E-state index < -0.39 is 0 Å². The molecule has 1 aliphatic carbocycles. The molecule has 4 heteroatoms. The van der Waals surface area contributed by atoms with Crippen LogP contribution in [-0.2, 0) is 21.7 Å². The minimum absolute atomic E-state index is 0.0315. The number of fused-ring (bicyclic) bond motifs is 7. The molecule has 0 amide bonds. The van der Waals surface area contributed by atoms with Gasteiger partial charge in [0, 0.05) is 55.4 Å². The molecule has 1 radical (unpaired) electrons. The predicted molar refractivity (Wildman–Crippen MR) is 274 cm³/mol. The first-order chi connectivity index (χ1) is 30.5. The molecule has 3 nitrogen and oxygen atoms in total. The van der Waals surface area contributed by atoms with Gasteiger partial charge in [-0.2, -0.15) is 0 Å². The van der Waals surface area contributed by atoms with Gasteiger partial charge in [0.05, 0.1) is 5.52 Å². The highest BCUT2D eigenvalue weighted by Gasteiger charge is 2.39. The number of rotatable bonds is 5. The van der Waals surface area contributed by atoms with Gasteiger partial charge >= 0.3 is 0 Å². The third kappa shape index (κ3) is 6.39. The van der Waals surface area contributed by atoms with Gasteiger partial charge in [0.15, 0.2) is 7.28 Å². The van der Waals surface area contributed by atoms with Crippen molar-refractivity contribution >= 4 is 62.4 Å². The summed E-state index contributed by atoms with van der Waals surface area (Å²) < 4.78 is 9.57. The number of nitrogens with one attached hydrogen (secondary N) is 1. The second-order valence-corrected chi connectivity index (χ2v) is 22.0. The number of anilines is 2. The summed E-state index contributed by atoms with van der Waals surface area (Å²) in [6, 6.07) is 51.7. The van der Waals surface area contributed by atoms with Gasteiger partial charge in [-0.1, -0.05) is 172 Å². The Morgan fingerprint density at radius 2 is 1.23 bits per heavy atom. The summed E-state index contributed by atoms with van der Waals surface area (Å²) in [5, 5.41) is 7.75. The Balaban J connectivity index is 1.23. The molecule has 0 spiro atoms. The van der Waals surface area contributed by atoms with Crippen LogP contribution in [0.4, 0.5) is 11.4 Å². The molecule has 317 valence electrons. The van der Waals surface area contributed by atoms with Gasteiger partial charge in [0.2, 0.25) is 0 Å². The Morgan fingerprint density at radius 1 is 0.609 bits per heavy atom. The van der Waals surface area contributed by atoms with Gasteiger partial charge < -0.3 is 14.3 Å².